The molecular formula is C15H21F2N. The van der Waals surface area contributed by atoms with Crippen LogP contribution in [0.2, 0.25) is 0 Å². The highest BCUT2D eigenvalue weighted by atomic mass is 19.1. The lowest BCUT2D eigenvalue weighted by molar-refractivity contribution is 0.327. The van der Waals surface area contributed by atoms with Crippen molar-refractivity contribution < 1.29 is 8.78 Å². The fourth-order valence-corrected chi connectivity index (χ4v) is 3.13. The quantitative estimate of drug-likeness (QED) is 0.846. The second-order valence-electron chi connectivity index (χ2n) is 5.34. The minimum atomic E-state index is -0.473. The molecule has 0 bridgehead atoms. The number of benzene rings is 1. The van der Waals surface area contributed by atoms with E-state index in [1.165, 1.54) is 37.8 Å². The summed E-state index contributed by atoms with van der Waals surface area (Å²) in [5.74, 6) is 0.238. The largest absolute Gasteiger partial charge is 0.319 e. The van der Waals surface area contributed by atoms with Gasteiger partial charge < -0.3 is 5.32 Å². The molecule has 0 amide bonds. The van der Waals surface area contributed by atoms with Gasteiger partial charge >= 0.3 is 0 Å². The average molecular weight is 253 g/mol. The Labute approximate surface area is 108 Å². The molecule has 0 spiro atoms. The van der Waals surface area contributed by atoms with Gasteiger partial charge in [0.2, 0.25) is 0 Å². The summed E-state index contributed by atoms with van der Waals surface area (Å²) in [6.07, 6.45) is 5.86. The van der Waals surface area contributed by atoms with Gasteiger partial charge in [0.05, 0.1) is 0 Å². The van der Waals surface area contributed by atoms with Gasteiger partial charge in [-0.1, -0.05) is 25.7 Å². The molecule has 1 aromatic rings. The number of hydrogen-bond donors (Lipinski definition) is 1. The van der Waals surface area contributed by atoms with Crippen LogP contribution in [0.5, 0.6) is 0 Å². The van der Waals surface area contributed by atoms with Gasteiger partial charge in [0, 0.05) is 6.07 Å². The zero-order chi connectivity index (χ0) is 13.0. The topological polar surface area (TPSA) is 12.0 Å². The first kappa shape index (κ1) is 13.5. The molecule has 100 valence electrons. The normalized spacial score (nSPS) is 18.2. The minimum Gasteiger partial charge on any atom is -0.319 e. The Bertz CT molecular complexity index is 366. The monoisotopic (exact) mass is 253 g/mol. The summed E-state index contributed by atoms with van der Waals surface area (Å²) in [4.78, 5) is 0. The standard InChI is InChI=1S/C15H21F2N/c1-18-10-13(12-4-2-3-5-12)6-11-7-14(16)9-15(17)8-11/h7-9,12-13,18H,2-6,10H2,1H3. The molecule has 1 fully saturated rings. The molecule has 0 saturated heterocycles. The van der Waals surface area contributed by atoms with Crippen molar-refractivity contribution in [3.05, 3.63) is 35.4 Å². The highest BCUT2D eigenvalue weighted by molar-refractivity contribution is 5.18. The van der Waals surface area contributed by atoms with Gasteiger partial charge in [-0.2, -0.15) is 0 Å². The van der Waals surface area contributed by atoms with Crippen LogP contribution in [0.4, 0.5) is 8.78 Å². The lowest BCUT2D eigenvalue weighted by atomic mass is 9.85. The van der Waals surface area contributed by atoms with Gasteiger partial charge in [0.25, 0.3) is 0 Å². The highest BCUT2D eigenvalue weighted by Gasteiger charge is 2.24. The van der Waals surface area contributed by atoms with Gasteiger partial charge in [0.1, 0.15) is 11.6 Å². The van der Waals surface area contributed by atoms with E-state index in [0.29, 0.717) is 11.8 Å². The van der Waals surface area contributed by atoms with Crippen LogP contribution in [0.25, 0.3) is 0 Å². The second-order valence-corrected chi connectivity index (χ2v) is 5.34. The van der Waals surface area contributed by atoms with Crippen molar-refractivity contribution in [2.75, 3.05) is 13.6 Å². The molecule has 1 unspecified atom stereocenters. The van der Waals surface area contributed by atoms with Crippen molar-refractivity contribution in [2.24, 2.45) is 11.8 Å². The van der Waals surface area contributed by atoms with Gasteiger partial charge in [-0.15, -0.1) is 0 Å². The molecule has 1 N–H and O–H groups in total. The summed E-state index contributed by atoms with van der Waals surface area (Å²) in [5, 5.41) is 3.21. The predicted molar refractivity (Wildman–Crippen MR) is 69.4 cm³/mol. The van der Waals surface area contributed by atoms with Crippen molar-refractivity contribution in [3.8, 4) is 0 Å². The fourth-order valence-electron chi connectivity index (χ4n) is 3.13. The maximum Gasteiger partial charge on any atom is 0.126 e. The van der Waals surface area contributed by atoms with Crippen LogP contribution in [0.15, 0.2) is 18.2 Å². The first-order valence-corrected chi connectivity index (χ1v) is 6.78. The molecular weight excluding hydrogens is 232 g/mol. The predicted octanol–water partition coefficient (Wildman–Crippen LogP) is 3.53. The molecule has 0 heterocycles. The van der Waals surface area contributed by atoms with Crippen molar-refractivity contribution in [2.45, 2.75) is 32.1 Å². The van der Waals surface area contributed by atoms with Crippen molar-refractivity contribution in [1.29, 1.82) is 0 Å². The summed E-state index contributed by atoms with van der Waals surface area (Å²) >= 11 is 0. The van der Waals surface area contributed by atoms with Crippen LogP contribution in [-0.4, -0.2) is 13.6 Å². The molecule has 18 heavy (non-hydrogen) atoms. The van der Waals surface area contributed by atoms with Gasteiger partial charge in [-0.25, -0.2) is 8.78 Å². The van der Waals surface area contributed by atoms with Crippen molar-refractivity contribution in [1.82, 2.24) is 5.32 Å². The summed E-state index contributed by atoms with van der Waals surface area (Å²) in [6.45, 7) is 0.919. The molecule has 0 aliphatic heterocycles. The lowest BCUT2D eigenvalue weighted by Crippen LogP contribution is -2.26. The van der Waals surface area contributed by atoms with Crippen LogP contribution in [0, 0.1) is 23.5 Å². The summed E-state index contributed by atoms with van der Waals surface area (Å²) < 4.78 is 26.4. The highest BCUT2D eigenvalue weighted by Crippen LogP contribution is 2.33. The van der Waals surface area contributed by atoms with Crippen molar-refractivity contribution in [3.63, 3.8) is 0 Å². The smallest absolute Gasteiger partial charge is 0.126 e. The zero-order valence-corrected chi connectivity index (χ0v) is 10.9. The van der Waals surface area contributed by atoms with E-state index < -0.39 is 11.6 Å². The van der Waals surface area contributed by atoms with Crippen LogP contribution in [0.3, 0.4) is 0 Å². The van der Waals surface area contributed by atoms with E-state index in [1.807, 2.05) is 7.05 Å². The fraction of sp³-hybridized carbons (Fsp3) is 0.600. The minimum absolute atomic E-state index is 0.473. The van der Waals surface area contributed by atoms with E-state index >= 15 is 0 Å². The molecule has 0 radical (unpaired) electrons. The maximum absolute atomic E-state index is 13.2. The second kappa shape index (κ2) is 6.28. The first-order valence-electron chi connectivity index (χ1n) is 6.78. The number of hydrogen-bond acceptors (Lipinski definition) is 1. The number of rotatable bonds is 5. The van der Waals surface area contributed by atoms with Crippen LogP contribution in [0.1, 0.15) is 31.2 Å². The summed E-state index contributed by atoms with van der Waals surface area (Å²) in [6, 6.07) is 3.85. The zero-order valence-electron chi connectivity index (χ0n) is 10.9. The molecule has 0 aromatic heterocycles. The molecule has 1 aliphatic rings. The lowest BCUT2D eigenvalue weighted by Gasteiger charge is -2.23. The summed E-state index contributed by atoms with van der Waals surface area (Å²) in [7, 11) is 1.94. The molecule has 1 nitrogen and oxygen atoms in total. The van der Waals surface area contributed by atoms with E-state index in [0.717, 1.165) is 24.6 Å². The van der Waals surface area contributed by atoms with E-state index in [9.17, 15) is 8.78 Å². The SMILES string of the molecule is CNCC(Cc1cc(F)cc(F)c1)C1CCCC1. The van der Waals surface area contributed by atoms with Crippen LogP contribution < -0.4 is 5.32 Å². The third-order valence-corrected chi connectivity index (χ3v) is 3.95. The average Bonchev–Trinajstić information content (AvgIpc) is 2.80. The molecule has 1 aliphatic carbocycles. The first-order chi connectivity index (χ1) is 8.69. The summed E-state index contributed by atoms with van der Waals surface area (Å²) in [5.41, 5.74) is 0.777. The van der Waals surface area contributed by atoms with Gasteiger partial charge in [0.15, 0.2) is 0 Å². The van der Waals surface area contributed by atoms with Crippen LogP contribution >= 0.6 is 0 Å². The Morgan fingerprint density at radius 1 is 1.17 bits per heavy atom. The molecule has 1 saturated carbocycles. The van der Waals surface area contributed by atoms with E-state index in [2.05, 4.69) is 5.32 Å². The third-order valence-electron chi connectivity index (χ3n) is 3.95. The molecule has 1 atom stereocenters. The maximum atomic E-state index is 13.2. The van der Waals surface area contributed by atoms with Crippen molar-refractivity contribution >= 4 is 0 Å². The van der Waals surface area contributed by atoms with E-state index in [1.54, 1.807) is 0 Å². The number of nitrogens with one attached hydrogen (secondary N) is 1. The van der Waals surface area contributed by atoms with Gasteiger partial charge in [-0.3, -0.25) is 0 Å². The number of halogens is 2. The Balaban J connectivity index is 2.07. The third kappa shape index (κ3) is 3.52. The van der Waals surface area contributed by atoms with E-state index in [4.69, 9.17) is 0 Å². The Hall–Kier alpha value is -0.960. The van der Waals surface area contributed by atoms with Crippen LogP contribution in [-0.2, 0) is 6.42 Å². The molecule has 2 rings (SSSR count). The Kier molecular flexibility index (Phi) is 4.70. The Morgan fingerprint density at radius 2 is 1.78 bits per heavy atom. The van der Waals surface area contributed by atoms with E-state index in [-0.39, 0.29) is 0 Å². The molecule has 3 heteroatoms. The van der Waals surface area contributed by atoms with Gasteiger partial charge in [-0.05, 0) is 49.5 Å². The Morgan fingerprint density at radius 3 is 2.33 bits per heavy atom. The molecule has 1 aromatic carbocycles.